The molecule has 0 radical (unpaired) electrons. The fourth-order valence-electron chi connectivity index (χ4n) is 4.09. The summed E-state index contributed by atoms with van der Waals surface area (Å²) in [6.45, 7) is 4.18. The van der Waals surface area contributed by atoms with Gasteiger partial charge in [-0.05, 0) is 50.8 Å². The first-order valence-corrected chi connectivity index (χ1v) is 9.16. The number of methoxy groups -OCH3 is 1. The van der Waals surface area contributed by atoms with E-state index in [4.69, 9.17) is 9.73 Å². The number of nitriles is 1. The Hall–Kier alpha value is -2.15. The molecular weight excluding hydrogens is 312 g/mol. The highest BCUT2D eigenvalue weighted by atomic mass is 16.5. The van der Waals surface area contributed by atoms with Crippen LogP contribution >= 0.6 is 0 Å². The van der Waals surface area contributed by atoms with Gasteiger partial charge in [-0.1, -0.05) is 19.3 Å². The maximum Gasteiger partial charge on any atom is 0.141 e. The van der Waals surface area contributed by atoms with E-state index in [9.17, 15) is 10.1 Å². The van der Waals surface area contributed by atoms with Crippen LogP contribution in [0, 0.1) is 17.2 Å². The molecule has 1 aliphatic heterocycles. The van der Waals surface area contributed by atoms with Crippen molar-refractivity contribution in [1.82, 2.24) is 0 Å². The summed E-state index contributed by atoms with van der Waals surface area (Å²) < 4.78 is 5.35. The van der Waals surface area contributed by atoms with E-state index >= 15 is 0 Å². The predicted octanol–water partition coefficient (Wildman–Crippen LogP) is 4.23. The molecular formula is C21H26N2O2. The van der Waals surface area contributed by atoms with E-state index in [1.807, 2.05) is 12.1 Å². The highest BCUT2D eigenvalue weighted by Crippen LogP contribution is 2.34. The summed E-state index contributed by atoms with van der Waals surface area (Å²) >= 11 is 0. The Labute approximate surface area is 149 Å². The summed E-state index contributed by atoms with van der Waals surface area (Å²) in [5.74, 6) is 1.08. The zero-order chi connectivity index (χ0) is 18.0. The Kier molecular flexibility index (Phi) is 4.94. The van der Waals surface area contributed by atoms with Crippen LogP contribution in [0.4, 0.5) is 0 Å². The second kappa shape index (κ2) is 7.00. The Morgan fingerprint density at radius 2 is 2.04 bits per heavy atom. The Balaban J connectivity index is 1.94. The maximum atomic E-state index is 12.8. The number of carbonyl (C=O) groups is 1. The van der Waals surface area contributed by atoms with Crippen molar-refractivity contribution in [1.29, 1.82) is 5.26 Å². The Bertz CT molecular complexity index is 750. The lowest BCUT2D eigenvalue weighted by Crippen LogP contribution is -2.31. The first kappa shape index (κ1) is 17.7. The van der Waals surface area contributed by atoms with Crippen molar-refractivity contribution in [2.45, 2.75) is 64.3 Å². The number of Topliss-reactive ketones (excluding diaryl/α,β-unsaturated/α-hetero) is 1. The third-order valence-electron chi connectivity index (χ3n) is 5.32. The third kappa shape index (κ3) is 3.76. The van der Waals surface area contributed by atoms with E-state index in [0.29, 0.717) is 23.5 Å². The lowest BCUT2D eigenvalue weighted by molar-refractivity contribution is -0.122. The van der Waals surface area contributed by atoms with Crippen LogP contribution in [0.5, 0.6) is 5.75 Å². The molecule has 132 valence electrons. The molecule has 2 aliphatic rings. The van der Waals surface area contributed by atoms with Crippen molar-refractivity contribution in [2.24, 2.45) is 10.9 Å². The van der Waals surface area contributed by atoms with Gasteiger partial charge in [-0.15, -0.1) is 0 Å². The molecule has 0 bridgehead atoms. The molecule has 4 nitrogen and oxygen atoms in total. The van der Waals surface area contributed by atoms with Crippen LogP contribution in [-0.4, -0.2) is 24.1 Å². The minimum absolute atomic E-state index is 0.179. The molecule has 1 aromatic rings. The van der Waals surface area contributed by atoms with Crippen molar-refractivity contribution in [3.63, 3.8) is 0 Å². The predicted molar refractivity (Wildman–Crippen MR) is 98.2 cm³/mol. The van der Waals surface area contributed by atoms with Crippen LogP contribution in [0.25, 0.3) is 0 Å². The lowest BCUT2D eigenvalue weighted by Gasteiger charge is -2.30. The quantitative estimate of drug-likeness (QED) is 0.825. The first-order chi connectivity index (χ1) is 11.9. The molecule has 3 rings (SSSR count). The van der Waals surface area contributed by atoms with Gasteiger partial charge >= 0.3 is 0 Å². The zero-order valence-electron chi connectivity index (χ0n) is 15.4. The number of aliphatic imine (C=N–C) groups is 1. The highest BCUT2D eigenvalue weighted by Gasteiger charge is 2.30. The second-order valence-corrected chi connectivity index (χ2v) is 7.85. The van der Waals surface area contributed by atoms with E-state index in [0.717, 1.165) is 48.9 Å². The highest BCUT2D eigenvalue weighted by molar-refractivity contribution is 6.13. The normalized spacial score (nSPS) is 19.5. The van der Waals surface area contributed by atoms with Gasteiger partial charge in [0.1, 0.15) is 17.6 Å². The Morgan fingerprint density at radius 3 is 2.68 bits per heavy atom. The van der Waals surface area contributed by atoms with Gasteiger partial charge in [0.25, 0.3) is 0 Å². The van der Waals surface area contributed by atoms with Crippen LogP contribution in [0.1, 0.15) is 69.1 Å². The van der Waals surface area contributed by atoms with E-state index < -0.39 is 0 Å². The van der Waals surface area contributed by atoms with Gasteiger partial charge in [0.15, 0.2) is 0 Å². The van der Waals surface area contributed by atoms with E-state index in [1.54, 1.807) is 7.11 Å². The summed E-state index contributed by atoms with van der Waals surface area (Å²) in [4.78, 5) is 17.7. The molecule has 25 heavy (non-hydrogen) atoms. The van der Waals surface area contributed by atoms with Gasteiger partial charge in [0, 0.05) is 17.9 Å². The van der Waals surface area contributed by atoms with Crippen LogP contribution in [0.15, 0.2) is 17.1 Å². The first-order valence-electron chi connectivity index (χ1n) is 9.16. The van der Waals surface area contributed by atoms with Gasteiger partial charge < -0.3 is 4.74 Å². The fraction of sp³-hybridized carbons (Fsp3) is 0.571. The molecule has 0 amide bonds. The standard InChI is InChI=1S/C21H26N2O2/c1-21(2)12-15-10-20(25-3)16(13-22)9-17(15)18(23-21)11-19(24)14-7-5-4-6-8-14/h9-10,14H,4-8,11-12H2,1-3H3. The monoisotopic (exact) mass is 338 g/mol. The molecule has 4 heteroatoms. The van der Waals surface area contributed by atoms with Gasteiger partial charge in [-0.2, -0.15) is 5.26 Å². The molecule has 0 unspecified atom stereocenters. The number of nitrogens with zero attached hydrogens (tertiary/aromatic N) is 2. The fourth-order valence-corrected chi connectivity index (χ4v) is 4.09. The van der Waals surface area contributed by atoms with Crippen LogP contribution < -0.4 is 4.74 Å². The molecule has 1 saturated carbocycles. The minimum Gasteiger partial charge on any atom is -0.495 e. The molecule has 0 spiro atoms. The summed E-state index contributed by atoms with van der Waals surface area (Å²) in [5, 5.41) is 9.39. The van der Waals surface area contributed by atoms with Crippen molar-refractivity contribution >= 4 is 11.5 Å². The third-order valence-corrected chi connectivity index (χ3v) is 5.32. The number of hydrogen-bond acceptors (Lipinski definition) is 4. The van der Waals surface area contributed by atoms with Crippen molar-refractivity contribution in [3.05, 3.63) is 28.8 Å². The number of fused-ring (bicyclic) bond motifs is 1. The zero-order valence-corrected chi connectivity index (χ0v) is 15.4. The van der Waals surface area contributed by atoms with Crippen LogP contribution in [0.3, 0.4) is 0 Å². The van der Waals surface area contributed by atoms with Gasteiger partial charge in [-0.25, -0.2) is 0 Å². The molecule has 0 saturated heterocycles. The largest absolute Gasteiger partial charge is 0.495 e. The number of carbonyl (C=O) groups excluding carboxylic acids is 1. The van der Waals surface area contributed by atoms with Gasteiger partial charge in [0.2, 0.25) is 0 Å². The van der Waals surface area contributed by atoms with Crippen LogP contribution in [-0.2, 0) is 11.2 Å². The molecule has 1 aromatic carbocycles. The number of ketones is 1. The van der Waals surface area contributed by atoms with E-state index in [-0.39, 0.29) is 11.5 Å². The molecule has 1 aliphatic carbocycles. The summed E-state index contributed by atoms with van der Waals surface area (Å²) in [6, 6.07) is 5.97. The SMILES string of the molecule is COc1cc2c(cc1C#N)C(CC(=O)C1CCCCC1)=NC(C)(C)C2. The molecule has 1 fully saturated rings. The van der Waals surface area contributed by atoms with Crippen molar-refractivity contribution < 1.29 is 9.53 Å². The average Bonchev–Trinajstić information content (AvgIpc) is 2.60. The van der Waals surface area contributed by atoms with Crippen molar-refractivity contribution in [2.75, 3.05) is 7.11 Å². The lowest BCUT2D eigenvalue weighted by atomic mass is 9.81. The second-order valence-electron chi connectivity index (χ2n) is 7.85. The Morgan fingerprint density at radius 1 is 1.32 bits per heavy atom. The maximum absolute atomic E-state index is 12.8. The van der Waals surface area contributed by atoms with Crippen LogP contribution in [0.2, 0.25) is 0 Å². The van der Waals surface area contributed by atoms with E-state index in [2.05, 4.69) is 19.9 Å². The number of ether oxygens (including phenoxy) is 1. The molecule has 1 heterocycles. The van der Waals surface area contributed by atoms with E-state index in [1.165, 1.54) is 6.42 Å². The summed E-state index contributed by atoms with van der Waals surface area (Å²) in [6.07, 6.45) is 6.72. The van der Waals surface area contributed by atoms with Gasteiger partial charge in [0.05, 0.1) is 23.9 Å². The smallest absolute Gasteiger partial charge is 0.141 e. The molecule has 0 N–H and O–H groups in total. The average molecular weight is 338 g/mol. The number of hydrogen-bond donors (Lipinski definition) is 0. The van der Waals surface area contributed by atoms with Gasteiger partial charge in [-0.3, -0.25) is 9.79 Å². The summed E-state index contributed by atoms with van der Waals surface area (Å²) in [7, 11) is 1.58. The minimum atomic E-state index is -0.242. The molecule has 0 aromatic heterocycles. The number of rotatable bonds is 4. The summed E-state index contributed by atoms with van der Waals surface area (Å²) in [5.41, 5.74) is 3.15. The molecule has 0 atom stereocenters. The topological polar surface area (TPSA) is 62.4 Å². The number of benzene rings is 1. The van der Waals surface area contributed by atoms with Crippen molar-refractivity contribution in [3.8, 4) is 11.8 Å².